The van der Waals surface area contributed by atoms with E-state index in [0.29, 0.717) is 40.2 Å². The van der Waals surface area contributed by atoms with Crippen molar-refractivity contribution in [3.05, 3.63) is 82.9 Å². The molecule has 0 aliphatic heterocycles. The van der Waals surface area contributed by atoms with Gasteiger partial charge in [0, 0.05) is 22.4 Å². The van der Waals surface area contributed by atoms with Crippen LogP contribution in [0.2, 0.25) is 0 Å². The van der Waals surface area contributed by atoms with Crippen LogP contribution >= 0.6 is 0 Å². The van der Waals surface area contributed by atoms with Gasteiger partial charge in [0.2, 0.25) is 0 Å². The van der Waals surface area contributed by atoms with E-state index in [-0.39, 0.29) is 11.6 Å². The van der Waals surface area contributed by atoms with Crippen LogP contribution in [0.3, 0.4) is 0 Å². The van der Waals surface area contributed by atoms with Crippen LogP contribution in [0.15, 0.2) is 60.7 Å². The molecule has 0 saturated heterocycles. The Morgan fingerprint density at radius 1 is 0.852 bits per heavy atom. The summed E-state index contributed by atoms with van der Waals surface area (Å²) in [7, 11) is 0. The molecular formula is C22H18N2O3. The summed E-state index contributed by atoms with van der Waals surface area (Å²) in [6.45, 7) is 2.51. The highest BCUT2D eigenvalue weighted by atomic mass is 16.5. The fourth-order valence-electron chi connectivity index (χ4n) is 3.28. The maximum absolute atomic E-state index is 13.1. The van der Waals surface area contributed by atoms with Gasteiger partial charge in [-0.2, -0.15) is 0 Å². The van der Waals surface area contributed by atoms with Crippen molar-refractivity contribution in [2.45, 2.75) is 6.92 Å². The fourth-order valence-corrected chi connectivity index (χ4v) is 3.28. The molecule has 134 valence electrons. The van der Waals surface area contributed by atoms with Crippen molar-refractivity contribution in [3.63, 3.8) is 0 Å². The highest BCUT2D eigenvalue weighted by Gasteiger charge is 2.32. The zero-order valence-corrected chi connectivity index (χ0v) is 14.8. The predicted molar refractivity (Wildman–Crippen MR) is 105 cm³/mol. The molecule has 0 spiro atoms. The molecule has 0 fully saturated rings. The number of carbonyl (C=O) groups is 2. The Morgan fingerprint density at radius 2 is 1.52 bits per heavy atom. The van der Waals surface area contributed by atoms with Gasteiger partial charge in [-0.05, 0) is 43.3 Å². The van der Waals surface area contributed by atoms with Crippen LogP contribution in [0, 0.1) is 0 Å². The van der Waals surface area contributed by atoms with Crippen LogP contribution in [-0.4, -0.2) is 18.2 Å². The van der Waals surface area contributed by atoms with Crippen molar-refractivity contribution in [2.75, 3.05) is 17.7 Å². The van der Waals surface area contributed by atoms with Crippen molar-refractivity contribution in [3.8, 4) is 5.75 Å². The number of ether oxygens (including phenoxy) is 1. The number of carbonyl (C=O) groups excluding carboxylic acids is 2. The highest BCUT2D eigenvalue weighted by Crippen LogP contribution is 2.37. The molecule has 0 saturated carbocycles. The molecule has 5 heteroatoms. The normalized spacial score (nSPS) is 12.3. The summed E-state index contributed by atoms with van der Waals surface area (Å²) in [5, 5.41) is 3.20. The topological polar surface area (TPSA) is 81.4 Å². The number of anilines is 3. The standard InChI is InChI=1S/C22H18N2O3/c1-2-27-14-9-7-13(8-10-14)24-20-18(23)12-11-17-19(20)22(26)16-6-4-3-5-15(16)21(17)25/h3-12,24H,2,23H2,1H3. The second-order valence-electron chi connectivity index (χ2n) is 6.24. The Morgan fingerprint density at radius 3 is 2.19 bits per heavy atom. The van der Waals surface area contributed by atoms with Gasteiger partial charge in [0.25, 0.3) is 0 Å². The highest BCUT2D eigenvalue weighted by molar-refractivity contribution is 6.30. The second kappa shape index (κ2) is 6.61. The molecule has 0 bridgehead atoms. The minimum Gasteiger partial charge on any atom is -0.494 e. The number of fused-ring (bicyclic) bond motifs is 2. The molecule has 0 unspecified atom stereocenters. The van der Waals surface area contributed by atoms with Crippen molar-refractivity contribution in [1.82, 2.24) is 0 Å². The lowest BCUT2D eigenvalue weighted by Crippen LogP contribution is -2.22. The lowest BCUT2D eigenvalue weighted by atomic mass is 9.83. The van der Waals surface area contributed by atoms with Crippen LogP contribution < -0.4 is 15.8 Å². The van der Waals surface area contributed by atoms with Crippen molar-refractivity contribution in [1.29, 1.82) is 0 Å². The number of rotatable bonds is 4. The lowest BCUT2D eigenvalue weighted by molar-refractivity contribution is 0.0980. The van der Waals surface area contributed by atoms with Gasteiger partial charge in [0.05, 0.1) is 23.5 Å². The first kappa shape index (κ1) is 16.8. The minimum atomic E-state index is -0.207. The Hall–Kier alpha value is -3.60. The summed E-state index contributed by atoms with van der Waals surface area (Å²) in [6.07, 6.45) is 0. The number of nitrogens with two attached hydrogens (primary N) is 1. The summed E-state index contributed by atoms with van der Waals surface area (Å²) >= 11 is 0. The summed E-state index contributed by atoms with van der Waals surface area (Å²) in [5.41, 5.74) is 9.25. The van der Waals surface area contributed by atoms with E-state index in [1.54, 1.807) is 36.4 Å². The maximum atomic E-state index is 13.1. The minimum absolute atomic E-state index is 0.171. The third-order valence-electron chi connectivity index (χ3n) is 4.56. The summed E-state index contributed by atoms with van der Waals surface area (Å²) in [4.78, 5) is 25.9. The van der Waals surface area contributed by atoms with E-state index in [0.717, 1.165) is 11.4 Å². The van der Waals surface area contributed by atoms with Gasteiger partial charge in [-0.25, -0.2) is 0 Å². The van der Waals surface area contributed by atoms with Gasteiger partial charge >= 0.3 is 0 Å². The number of hydrogen-bond donors (Lipinski definition) is 2. The molecule has 5 nitrogen and oxygen atoms in total. The summed E-state index contributed by atoms with van der Waals surface area (Å²) in [6, 6.07) is 17.5. The molecule has 0 atom stereocenters. The Balaban J connectivity index is 1.79. The van der Waals surface area contributed by atoms with Gasteiger partial charge in [0.1, 0.15) is 5.75 Å². The van der Waals surface area contributed by atoms with Gasteiger partial charge in [-0.3, -0.25) is 9.59 Å². The summed E-state index contributed by atoms with van der Waals surface area (Å²) in [5.74, 6) is 0.377. The van der Waals surface area contributed by atoms with E-state index in [9.17, 15) is 9.59 Å². The molecule has 3 aromatic carbocycles. The zero-order valence-electron chi connectivity index (χ0n) is 14.8. The molecule has 3 aromatic rings. The molecular weight excluding hydrogens is 340 g/mol. The van der Waals surface area contributed by atoms with Crippen LogP contribution in [0.5, 0.6) is 5.75 Å². The van der Waals surface area contributed by atoms with Gasteiger partial charge in [-0.1, -0.05) is 24.3 Å². The van der Waals surface area contributed by atoms with Gasteiger partial charge in [-0.15, -0.1) is 0 Å². The molecule has 0 amide bonds. The van der Waals surface area contributed by atoms with Crippen molar-refractivity contribution in [2.24, 2.45) is 0 Å². The van der Waals surface area contributed by atoms with Crippen molar-refractivity contribution < 1.29 is 14.3 Å². The number of nitrogens with one attached hydrogen (secondary N) is 1. The molecule has 1 aliphatic rings. The van der Waals surface area contributed by atoms with Crippen LogP contribution in [0.1, 0.15) is 38.8 Å². The molecule has 1 aliphatic carbocycles. The van der Waals surface area contributed by atoms with E-state index in [1.165, 1.54) is 0 Å². The third kappa shape index (κ3) is 2.83. The molecule has 3 N–H and O–H groups in total. The first-order chi connectivity index (χ1) is 13.1. The monoisotopic (exact) mass is 358 g/mol. The van der Waals surface area contributed by atoms with Crippen LogP contribution in [0.25, 0.3) is 0 Å². The first-order valence-electron chi connectivity index (χ1n) is 8.71. The van der Waals surface area contributed by atoms with Crippen molar-refractivity contribution >= 4 is 28.6 Å². The van der Waals surface area contributed by atoms with E-state index < -0.39 is 0 Å². The van der Waals surface area contributed by atoms with Gasteiger partial charge < -0.3 is 15.8 Å². The van der Waals surface area contributed by atoms with E-state index in [1.807, 2.05) is 31.2 Å². The average Bonchev–Trinajstić information content (AvgIpc) is 2.69. The Labute approximate surface area is 156 Å². The Bertz CT molecular complexity index is 1060. The largest absolute Gasteiger partial charge is 0.494 e. The third-order valence-corrected chi connectivity index (χ3v) is 4.56. The molecule has 0 heterocycles. The smallest absolute Gasteiger partial charge is 0.196 e. The Kier molecular flexibility index (Phi) is 4.12. The average molecular weight is 358 g/mol. The molecule has 0 aromatic heterocycles. The van der Waals surface area contributed by atoms with Crippen LogP contribution in [0.4, 0.5) is 17.1 Å². The zero-order chi connectivity index (χ0) is 19.0. The first-order valence-corrected chi connectivity index (χ1v) is 8.71. The van der Waals surface area contributed by atoms with E-state index >= 15 is 0 Å². The SMILES string of the molecule is CCOc1ccc(Nc2c(N)ccc3c2C(=O)c2ccccc2C3=O)cc1. The quantitative estimate of drug-likeness (QED) is 0.535. The molecule has 27 heavy (non-hydrogen) atoms. The maximum Gasteiger partial charge on any atom is 0.196 e. The van der Waals surface area contributed by atoms with E-state index in [4.69, 9.17) is 10.5 Å². The number of hydrogen-bond acceptors (Lipinski definition) is 5. The second-order valence-corrected chi connectivity index (χ2v) is 6.24. The van der Waals surface area contributed by atoms with Gasteiger partial charge in [0.15, 0.2) is 11.6 Å². The summed E-state index contributed by atoms with van der Waals surface area (Å²) < 4.78 is 5.44. The van der Waals surface area contributed by atoms with Crippen LogP contribution in [-0.2, 0) is 0 Å². The van der Waals surface area contributed by atoms with E-state index in [2.05, 4.69) is 5.32 Å². The fraction of sp³-hybridized carbons (Fsp3) is 0.0909. The lowest BCUT2D eigenvalue weighted by Gasteiger charge is -2.22. The number of nitrogen functional groups attached to an aromatic ring is 1. The molecule has 0 radical (unpaired) electrons. The predicted octanol–water partition coefficient (Wildman–Crippen LogP) is 4.19. The number of ketones is 2. The number of benzene rings is 3. The molecule has 4 rings (SSSR count).